The van der Waals surface area contributed by atoms with Crippen LogP contribution in [0.5, 0.6) is 23.0 Å². The molecular weight excluding hydrogens is 326 g/mol. The van der Waals surface area contributed by atoms with Crippen LogP contribution in [0.15, 0.2) is 66.7 Å². The number of para-hydroxylation sites is 1. The van der Waals surface area contributed by atoms with Crippen molar-refractivity contribution in [3.8, 4) is 23.0 Å². The maximum absolute atomic E-state index is 9.81. The molecule has 2 atom stereocenters. The highest BCUT2D eigenvalue weighted by Crippen LogP contribution is 2.38. The molecule has 4 heteroatoms. The number of hydrogen-bond acceptors (Lipinski definition) is 4. The molecular formula is C22H21NO3. The lowest BCUT2D eigenvalue weighted by atomic mass is 9.87. The number of aromatic hydroxyl groups is 2. The Morgan fingerprint density at radius 3 is 2.27 bits per heavy atom. The second kappa shape index (κ2) is 6.73. The lowest BCUT2D eigenvalue weighted by molar-refractivity contribution is 0.391. The summed E-state index contributed by atoms with van der Waals surface area (Å²) < 4.78 is 5.85. The van der Waals surface area contributed by atoms with Crippen molar-refractivity contribution in [2.75, 3.05) is 0 Å². The second-order valence-electron chi connectivity index (χ2n) is 6.67. The van der Waals surface area contributed by atoms with Crippen LogP contribution in [-0.2, 0) is 6.42 Å². The van der Waals surface area contributed by atoms with Crippen molar-refractivity contribution in [3.05, 3.63) is 83.4 Å². The molecule has 0 aromatic heterocycles. The summed E-state index contributed by atoms with van der Waals surface area (Å²) in [6, 6.07) is 21.3. The molecule has 4 nitrogen and oxygen atoms in total. The normalized spacial score (nSPS) is 19.0. The van der Waals surface area contributed by atoms with Gasteiger partial charge in [-0.25, -0.2) is 0 Å². The Balaban J connectivity index is 1.54. The van der Waals surface area contributed by atoms with Gasteiger partial charge in [0.25, 0.3) is 0 Å². The van der Waals surface area contributed by atoms with Gasteiger partial charge in [-0.3, -0.25) is 0 Å². The van der Waals surface area contributed by atoms with Gasteiger partial charge in [-0.1, -0.05) is 30.3 Å². The number of nitrogens with one attached hydrogen (secondary N) is 1. The molecule has 3 N–H and O–H groups in total. The van der Waals surface area contributed by atoms with Gasteiger partial charge in [-0.05, 0) is 66.4 Å². The molecule has 132 valence electrons. The van der Waals surface area contributed by atoms with Crippen LogP contribution in [-0.4, -0.2) is 10.2 Å². The molecule has 0 amide bonds. The summed E-state index contributed by atoms with van der Waals surface area (Å²) in [6.45, 7) is 2.06. The number of benzene rings is 3. The molecule has 4 rings (SSSR count). The third-order valence-electron chi connectivity index (χ3n) is 4.84. The molecule has 0 bridgehead atoms. The molecule has 1 aliphatic rings. The van der Waals surface area contributed by atoms with Crippen LogP contribution in [0, 0.1) is 0 Å². The molecule has 1 aliphatic heterocycles. The first-order valence-corrected chi connectivity index (χ1v) is 8.74. The van der Waals surface area contributed by atoms with Crippen molar-refractivity contribution in [1.82, 2.24) is 5.32 Å². The molecule has 0 saturated heterocycles. The van der Waals surface area contributed by atoms with Gasteiger partial charge in [-0.15, -0.1) is 0 Å². The summed E-state index contributed by atoms with van der Waals surface area (Å²) in [5, 5.41) is 23.1. The van der Waals surface area contributed by atoms with E-state index in [9.17, 15) is 10.2 Å². The van der Waals surface area contributed by atoms with Crippen molar-refractivity contribution in [2.45, 2.75) is 25.4 Å². The zero-order valence-corrected chi connectivity index (χ0v) is 14.5. The largest absolute Gasteiger partial charge is 0.504 e. The van der Waals surface area contributed by atoms with Crippen molar-refractivity contribution in [1.29, 1.82) is 0 Å². The van der Waals surface area contributed by atoms with Crippen LogP contribution in [0.1, 0.15) is 35.7 Å². The maximum atomic E-state index is 9.81. The van der Waals surface area contributed by atoms with Crippen LogP contribution < -0.4 is 10.1 Å². The topological polar surface area (TPSA) is 61.7 Å². The Bertz CT molecular complexity index is 907. The Hall–Kier alpha value is -2.98. The minimum absolute atomic E-state index is 0.0665. The number of phenols is 2. The third-order valence-corrected chi connectivity index (χ3v) is 4.84. The maximum Gasteiger partial charge on any atom is 0.157 e. The molecule has 3 aromatic carbocycles. The Morgan fingerprint density at radius 1 is 0.885 bits per heavy atom. The van der Waals surface area contributed by atoms with E-state index >= 15 is 0 Å². The number of ether oxygens (including phenoxy) is 1. The van der Waals surface area contributed by atoms with Gasteiger partial charge in [0.2, 0.25) is 0 Å². The molecule has 0 aliphatic carbocycles. The predicted octanol–water partition coefficient (Wildman–Crippen LogP) is 4.84. The molecule has 3 aromatic rings. The first-order valence-electron chi connectivity index (χ1n) is 8.74. The van der Waals surface area contributed by atoms with Crippen molar-refractivity contribution >= 4 is 0 Å². The van der Waals surface area contributed by atoms with E-state index in [2.05, 4.69) is 24.4 Å². The van der Waals surface area contributed by atoms with E-state index in [1.54, 1.807) is 12.1 Å². The molecule has 0 radical (unpaired) electrons. The second-order valence-corrected chi connectivity index (χ2v) is 6.67. The average molecular weight is 347 g/mol. The van der Waals surface area contributed by atoms with Gasteiger partial charge in [0.15, 0.2) is 11.5 Å². The number of fused-ring (bicyclic) bond motifs is 1. The van der Waals surface area contributed by atoms with Gasteiger partial charge in [0.1, 0.15) is 11.5 Å². The molecule has 0 fully saturated rings. The smallest absolute Gasteiger partial charge is 0.157 e. The highest BCUT2D eigenvalue weighted by atomic mass is 16.5. The molecule has 0 saturated carbocycles. The number of hydrogen-bond donors (Lipinski definition) is 3. The summed E-state index contributed by atoms with van der Waals surface area (Å²) in [5.74, 6) is 1.47. The highest BCUT2D eigenvalue weighted by molar-refractivity contribution is 5.48. The summed E-state index contributed by atoms with van der Waals surface area (Å²) in [5.41, 5.74) is 3.25. The third kappa shape index (κ3) is 3.24. The monoisotopic (exact) mass is 347 g/mol. The van der Waals surface area contributed by atoms with Crippen LogP contribution in [0.4, 0.5) is 0 Å². The van der Waals surface area contributed by atoms with Gasteiger partial charge in [0, 0.05) is 12.1 Å². The van der Waals surface area contributed by atoms with E-state index in [1.807, 2.05) is 42.5 Å². The minimum Gasteiger partial charge on any atom is -0.504 e. The summed E-state index contributed by atoms with van der Waals surface area (Å²) in [6.07, 6.45) is 0.756. The van der Waals surface area contributed by atoms with Crippen LogP contribution in [0.3, 0.4) is 0 Å². The molecule has 2 unspecified atom stereocenters. The Morgan fingerprint density at radius 2 is 1.54 bits per heavy atom. The van der Waals surface area contributed by atoms with Crippen LogP contribution in [0.25, 0.3) is 0 Å². The van der Waals surface area contributed by atoms with Crippen molar-refractivity contribution in [3.63, 3.8) is 0 Å². The summed E-state index contributed by atoms with van der Waals surface area (Å²) in [4.78, 5) is 0. The Labute approximate surface area is 152 Å². The quantitative estimate of drug-likeness (QED) is 0.594. The summed E-state index contributed by atoms with van der Waals surface area (Å²) in [7, 11) is 0. The lowest BCUT2D eigenvalue weighted by Crippen LogP contribution is -2.31. The molecule has 1 heterocycles. The molecule has 26 heavy (non-hydrogen) atoms. The highest BCUT2D eigenvalue weighted by Gasteiger charge is 2.25. The van der Waals surface area contributed by atoms with E-state index in [4.69, 9.17) is 4.74 Å². The lowest BCUT2D eigenvalue weighted by Gasteiger charge is -2.32. The van der Waals surface area contributed by atoms with E-state index in [0.717, 1.165) is 34.6 Å². The van der Waals surface area contributed by atoms with E-state index in [-0.39, 0.29) is 23.6 Å². The van der Waals surface area contributed by atoms with Gasteiger partial charge in [0.05, 0.1) is 0 Å². The zero-order valence-electron chi connectivity index (χ0n) is 14.5. The Kier molecular flexibility index (Phi) is 4.27. The van der Waals surface area contributed by atoms with Crippen LogP contribution in [0.2, 0.25) is 0 Å². The van der Waals surface area contributed by atoms with Crippen molar-refractivity contribution < 1.29 is 14.9 Å². The fraction of sp³-hybridized carbons (Fsp3) is 0.182. The number of phenolic OH excluding ortho intramolecular Hbond substituents is 2. The SMILES string of the molecule is CC1NC(c2ccc(Oc3ccccc3)cc2)Cc2cc(O)c(O)cc21. The van der Waals surface area contributed by atoms with Gasteiger partial charge < -0.3 is 20.3 Å². The average Bonchev–Trinajstić information content (AvgIpc) is 2.65. The first kappa shape index (κ1) is 16.5. The predicted molar refractivity (Wildman–Crippen MR) is 101 cm³/mol. The van der Waals surface area contributed by atoms with Crippen LogP contribution >= 0.6 is 0 Å². The van der Waals surface area contributed by atoms with Crippen molar-refractivity contribution in [2.24, 2.45) is 0 Å². The fourth-order valence-electron chi connectivity index (χ4n) is 3.49. The summed E-state index contributed by atoms with van der Waals surface area (Å²) >= 11 is 0. The number of rotatable bonds is 3. The van der Waals surface area contributed by atoms with Gasteiger partial charge in [-0.2, -0.15) is 0 Å². The van der Waals surface area contributed by atoms with E-state index < -0.39 is 0 Å². The zero-order chi connectivity index (χ0) is 18.1. The van der Waals surface area contributed by atoms with Gasteiger partial charge >= 0.3 is 0 Å². The molecule has 0 spiro atoms. The first-order chi connectivity index (χ1) is 12.6. The minimum atomic E-state index is -0.0711. The standard InChI is InChI=1S/C22H21NO3/c1-14-19-13-22(25)21(24)12-16(19)11-20(23-14)15-7-9-18(10-8-15)26-17-5-3-2-4-6-17/h2-10,12-14,20,23-25H,11H2,1H3. The fourth-order valence-corrected chi connectivity index (χ4v) is 3.49. The van der Waals surface area contributed by atoms with E-state index in [0.29, 0.717) is 0 Å². The van der Waals surface area contributed by atoms with E-state index in [1.165, 1.54) is 0 Å².